The maximum absolute atomic E-state index is 11.9. The molecule has 0 spiro atoms. The lowest BCUT2D eigenvalue weighted by Gasteiger charge is -1.98. The molecule has 0 fully saturated rings. The first-order valence-corrected chi connectivity index (χ1v) is 4.59. The molecule has 15 heavy (non-hydrogen) atoms. The number of fused-ring (bicyclic) bond motifs is 2. The minimum atomic E-state index is -0.118. The zero-order chi connectivity index (χ0) is 10.4. The zero-order valence-electron chi connectivity index (χ0n) is 8.06. The first kappa shape index (κ1) is 8.16. The van der Waals surface area contributed by atoms with E-state index in [1.54, 1.807) is 24.4 Å². The summed E-state index contributed by atoms with van der Waals surface area (Å²) < 4.78 is 1.40. The van der Waals surface area contributed by atoms with Crippen LogP contribution in [0.25, 0.3) is 16.7 Å². The molecule has 0 aliphatic heterocycles. The molecule has 0 saturated carbocycles. The van der Waals surface area contributed by atoms with Crippen molar-refractivity contribution in [3.05, 3.63) is 40.4 Å². The normalized spacial score (nSPS) is 11.3. The number of hydrogen-bond donors (Lipinski definition) is 1. The van der Waals surface area contributed by atoms with Gasteiger partial charge in [-0.15, -0.1) is 0 Å². The number of H-pyrrole nitrogens is 1. The summed E-state index contributed by atoms with van der Waals surface area (Å²) >= 11 is 0. The summed E-state index contributed by atoms with van der Waals surface area (Å²) in [6, 6.07) is 5.30. The van der Waals surface area contributed by atoms with Crippen LogP contribution in [0.1, 0.15) is 5.69 Å². The van der Waals surface area contributed by atoms with Gasteiger partial charge in [-0.1, -0.05) is 0 Å². The fourth-order valence-corrected chi connectivity index (χ4v) is 1.60. The van der Waals surface area contributed by atoms with E-state index in [0.29, 0.717) is 16.7 Å². The number of nitrogens with zero attached hydrogens (tertiary/aromatic N) is 3. The third-order valence-electron chi connectivity index (χ3n) is 2.33. The van der Waals surface area contributed by atoms with Gasteiger partial charge >= 0.3 is 0 Å². The molecule has 5 heteroatoms. The third-order valence-corrected chi connectivity index (χ3v) is 2.33. The predicted octanol–water partition coefficient (Wildman–Crippen LogP) is 0.879. The van der Waals surface area contributed by atoms with Gasteiger partial charge in [0.15, 0.2) is 11.3 Å². The molecule has 3 aromatic rings. The van der Waals surface area contributed by atoms with Crippen molar-refractivity contribution in [1.29, 1.82) is 0 Å². The van der Waals surface area contributed by atoms with E-state index in [1.807, 2.05) is 6.92 Å². The molecular formula is C10H8N4O. The Balaban J connectivity index is 2.63. The van der Waals surface area contributed by atoms with Crippen LogP contribution in [0.3, 0.4) is 0 Å². The van der Waals surface area contributed by atoms with E-state index in [9.17, 15) is 4.79 Å². The van der Waals surface area contributed by atoms with Gasteiger partial charge in [-0.2, -0.15) is 0 Å². The maximum atomic E-state index is 11.9. The second-order valence-electron chi connectivity index (χ2n) is 3.40. The van der Waals surface area contributed by atoms with Crippen LogP contribution in [0, 0.1) is 6.92 Å². The number of hydrogen-bond acceptors (Lipinski definition) is 3. The fraction of sp³-hybridized carbons (Fsp3) is 0.100. The molecule has 3 aromatic heterocycles. The number of pyridine rings is 1. The number of nitrogens with one attached hydrogen (secondary N) is 1. The van der Waals surface area contributed by atoms with E-state index in [2.05, 4.69) is 15.1 Å². The van der Waals surface area contributed by atoms with Gasteiger partial charge in [0.1, 0.15) is 0 Å². The summed E-state index contributed by atoms with van der Waals surface area (Å²) in [4.78, 5) is 20.4. The largest absolute Gasteiger partial charge is 0.297 e. The van der Waals surface area contributed by atoms with Crippen molar-refractivity contribution in [1.82, 2.24) is 19.6 Å². The van der Waals surface area contributed by atoms with Crippen LogP contribution in [-0.4, -0.2) is 19.6 Å². The second kappa shape index (κ2) is 2.66. The molecule has 0 atom stereocenters. The molecule has 0 saturated heterocycles. The zero-order valence-corrected chi connectivity index (χ0v) is 8.06. The number of aromatic amines is 1. The Bertz CT molecular complexity index is 710. The van der Waals surface area contributed by atoms with Crippen LogP contribution in [0.5, 0.6) is 0 Å². The molecule has 0 unspecified atom stereocenters. The van der Waals surface area contributed by atoms with Crippen molar-refractivity contribution in [2.45, 2.75) is 6.92 Å². The molecule has 74 valence electrons. The van der Waals surface area contributed by atoms with Crippen LogP contribution in [0.15, 0.2) is 29.2 Å². The van der Waals surface area contributed by atoms with E-state index in [0.717, 1.165) is 5.69 Å². The minimum absolute atomic E-state index is 0.118. The van der Waals surface area contributed by atoms with Crippen LogP contribution >= 0.6 is 0 Å². The van der Waals surface area contributed by atoms with Gasteiger partial charge in [0.25, 0.3) is 5.56 Å². The van der Waals surface area contributed by atoms with Gasteiger partial charge in [-0.05, 0) is 19.1 Å². The number of aryl methyl sites for hydroxylation is 1. The van der Waals surface area contributed by atoms with Gasteiger partial charge in [0.05, 0.1) is 5.39 Å². The van der Waals surface area contributed by atoms with Gasteiger partial charge in [0, 0.05) is 18.0 Å². The highest BCUT2D eigenvalue weighted by Crippen LogP contribution is 2.06. The highest BCUT2D eigenvalue weighted by molar-refractivity contribution is 5.75. The van der Waals surface area contributed by atoms with Crippen LogP contribution in [0.2, 0.25) is 0 Å². The topological polar surface area (TPSA) is 63.0 Å². The molecular weight excluding hydrogens is 192 g/mol. The monoisotopic (exact) mass is 200 g/mol. The quantitative estimate of drug-likeness (QED) is 0.586. The highest BCUT2D eigenvalue weighted by atomic mass is 16.1. The molecule has 3 rings (SSSR count). The summed E-state index contributed by atoms with van der Waals surface area (Å²) in [5.74, 6) is 0. The molecule has 0 bridgehead atoms. The van der Waals surface area contributed by atoms with Crippen molar-refractivity contribution in [3.63, 3.8) is 0 Å². The Morgan fingerprint density at radius 1 is 1.27 bits per heavy atom. The Labute approximate surface area is 84.4 Å². The van der Waals surface area contributed by atoms with Crippen molar-refractivity contribution in [3.8, 4) is 0 Å². The molecule has 0 aromatic carbocycles. The summed E-state index contributed by atoms with van der Waals surface area (Å²) in [5, 5.41) is 3.34. The summed E-state index contributed by atoms with van der Waals surface area (Å²) in [6.07, 6.45) is 1.68. The van der Waals surface area contributed by atoms with Gasteiger partial charge in [0.2, 0.25) is 0 Å². The van der Waals surface area contributed by atoms with Crippen molar-refractivity contribution >= 4 is 16.7 Å². The standard InChI is InChI=1S/C10H8N4O/c1-6-2-3-7-9(12-6)13-8-4-5-11-14(8)10(7)15/h2-5,11H,1H3. The molecule has 0 aliphatic rings. The molecule has 0 radical (unpaired) electrons. The van der Waals surface area contributed by atoms with Gasteiger partial charge in [-0.3, -0.25) is 9.89 Å². The lowest BCUT2D eigenvalue weighted by molar-refractivity contribution is 0.912. The van der Waals surface area contributed by atoms with Crippen molar-refractivity contribution in [2.24, 2.45) is 0 Å². The van der Waals surface area contributed by atoms with Crippen LogP contribution in [0.4, 0.5) is 0 Å². The molecule has 1 N–H and O–H groups in total. The van der Waals surface area contributed by atoms with Crippen LogP contribution < -0.4 is 5.56 Å². The van der Waals surface area contributed by atoms with Crippen molar-refractivity contribution in [2.75, 3.05) is 0 Å². The molecule has 3 heterocycles. The lowest BCUT2D eigenvalue weighted by Crippen LogP contribution is -2.15. The van der Waals surface area contributed by atoms with E-state index < -0.39 is 0 Å². The summed E-state index contributed by atoms with van der Waals surface area (Å²) in [5.41, 5.74) is 1.83. The van der Waals surface area contributed by atoms with E-state index in [1.165, 1.54) is 4.52 Å². The highest BCUT2D eigenvalue weighted by Gasteiger charge is 2.06. The SMILES string of the molecule is Cc1ccc2c(=O)n3[nH]ccc3nc2n1. The Morgan fingerprint density at radius 2 is 2.13 bits per heavy atom. The second-order valence-corrected chi connectivity index (χ2v) is 3.40. The average molecular weight is 200 g/mol. The molecule has 5 nitrogen and oxygen atoms in total. The fourth-order valence-electron chi connectivity index (χ4n) is 1.60. The van der Waals surface area contributed by atoms with E-state index in [4.69, 9.17) is 0 Å². The molecule has 0 amide bonds. The smallest absolute Gasteiger partial charge is 0.282 e. The maximum Gasteiger partial charge on any atom is 0.282 e. The Hall–Kier alpha value is -2.17. The van der Waals surface area contributed by atoms with Gasteiger partial charge < -0.3 is 0 Å². The van der Waals surface area contributed by atoms with E-state index in [-0.39, 0.29) is 5.56 Å². The molecule has 0 aliphatic carbocycles. The number of rotatable bonds is 0. The predicted molar refractivity (Wildman–Crippen MR) is 55.9 cm³/mol. The third kappa shape index (κ3) is 1.06. The summed E-state index contributed by atoms with van der Waals surface area (Å²) in [6.45, 7) is 1.88. The lowest BCUT2D eigenvalue weighted by atomic mass is 10.3. The average Bonchev–Trinajstić information content (AvgIpc) is 2.65. The Kier molecular flexibility index (Phi) is 1.45. The first-order chi connectivity index (χ1) is 7.25. The minimum Gasteiger partial charge on any atom is -0.297 e. The van der Waals surface area contributed by atoms with Gasteiger partial charge in [-0.25, -0.2) is 14.5 Å². The van der Waals surface area contributed by atoms with E-state index >= 15 is 0 Å². The van der Waals surface area contributed by atoms with Crippen molar-refractivity contribution < 1.29 is 0 Å². The van der Waals surface area contributed by atoms with Crippen LogP contribution in [-0.2, 0) is 0 Å². The summed E-state index contributed by atoms with van der Waals surface area (Å²) in [7, 11) is 0. The first-order valence-electron chi connectivity index (χ1n) is 4.59. The number of aromatic nitrogens is 4. The Morgan fingerprint density at radius 3 is 3.00 bits per heavy atom.